The zero-order valence-electron chi connectivity index (χ0n) is 9.76. The van der Waals surface area contributed by atoms with E-state index >= 15 is 0 Å². The van der Waals surface area contributed by atoms with Crippen LogP contribution >= 0.6 is 11.8 Å². The van der Waals surface area contributed by atoms with Gasteiger partial charge in [-0.25, -0.2) is 4.98 Å². The summed E-state index contributed by atoms with van der Waals surface area (Å²) in [6.07, 6.45) is 3.45. The Morgan fingerprint density at radius 2 is 1.94 bits per heavy atom. The highest BCUT2D eigenvalue weighted by Crippen LogP contribution is 2.28. The predicted molar refractivity (Wildman–Crippen MR) is 68.7 cm³/mol. The molecule has 1 aliphatic heterocycles. The molecule has 16 heavy (non-hydrogen) atoms. The summed E-state index contributed by atoms with van der Waals surface area (Å²) in [6, 6.07) is 0. The van der Waals surface area contributed by atoms with Crippen molar-refractivity contribution in [2.45, 2.75) is 30.9 Å². The van der Waals surface area contributed by atoms with E-state index in [9.17, 15) is 0 Å². The van der Waals surface area contributed by atoms with E-state index < -0.39 is 0 Å². The van der Waals surface area contributed by atoms with Crippen molar-refractivity contribution < 1.29 is 0 Å². The van der Waals surface area contributed by atoms with Crippen molar-refractivity contribution in [3.63, 3.8) is 0 Å². The lowest BCUT2D eigenvalue weighted by Crippen LogP contribution is -2.41. The van der Waals surface area contributed by atoms with Crippen LogP contribution in [0.1, 0.15) is 19.5 Å². The van der Waals surface area contributed by atoms with Crippen LogP contribution in [0.4, 0.5) is 5.82 Å². The molecule has 5 heteroatoms. The maximum Gasteiger partial charge on any atom is 0.151 e. The van der Waals surface area contributed by atoms with Crippen LogP contribution in [-0.4, -0.2) is 33.6 Å². The zero-order valence-corrected chi connectivity index (χ0v) is 10.6. The van der Waals surface area contributed by atoms with Gasteiger partial charge in [-0.2, -0.15) is 11.8 Å². The van der Waals surface area contributed by atoms with Crippen LogP contribution in [0.5, 0.6) is 0 Å². The van der Waals surface area contributed by atoms with Gasteiger partial charge in [0.05, 0.1) is 5.69 Å². The molecule has 2 atom stereocenters. The minimum absolute atomic E-state index is 0.454. The van der Waals surface area contributed by atoms with Gasteiger partial charge in [-0.1, -0.05) is 13.8 Å². The van der Waals surface area contributed by atoms with Gasteiger partial charge in [0.1, 0.15) is 0 Å². The summed E-state index contributed by atoms with van der Waals surface area (Å²) in [4.78, 5) is 11.0. The maximum absolute atomic E-state index is 5.69. The smallest absolute Gasteiger partial charge is 0.151 e. The molecule has 1 saturated heterocycles. The van der Waals surface area contributed by atoms with E-state index in [4.69, 9.17) is 5.73 Å². The van der Waals surface area contributed by atoms with Crippen molar-refractivity contribution in [3.05, 3.63) is 18.1 Å². The van der Waals surface area contributed by atoms with E-state index in [1.54, 1.807) is 12.4 Å². The number of thioether (sulfide) groups is 1. The van der Waals surface area contributed by atoms with Crippen LogP contribution in [0.2, 0.25) is 0 Å². The Morgan fingerprint density at radius 3 is 2.56 bits per heavy atom. The summed E-state index contributed by atoms with van der Waals surface area (Å²) in [5.41, 5.74) is 6.59. The van der Waals surface area contributed by atoms with Gasteiger partial charge in [0, 0.05) is 42.5 Å². The fraction of sp³-hybridized carbons (Fsp3) is 0.636. The first kappa shape index (κ1) is 11.7. The Morgan fingerprint density at radius 1 is 1.31 bits per heavy atom. The van der Waals surface area contributed by atoms with Gasteiger partial charge in [0.2, 0.25) is 0 Å². The van der Waals surface area contributed by atoms with Crippen LogP contribution in [0.3, 0.4) is 0 Å². The number of hydrogen-bond donors (Lipinski definition) is 1. The molecule has 2 unspecified atom stereocenters. The van der Waals surface area contributed by atoms with Gasteiger partial charge in [-0.15, -0.1) is 0 Å². The Bertz CT molecular complexity index is 348. The van der Waals surface area contributed by atoms with Crippen molar-refractivity contribution in [2.24, 2.45) is 5.73 Å². The topological polar surface area (TPSA) is 55.0 Å². The van der Waals surface area contributed by atoms with Crippen molar-refractivity contribution in [3.8, 4) is 0 Å². The molecule has 0 amide bonds. The fourth-order valence-corrected chi connectivity index (χ4v) is 3.44. The summed E-state index contributed by atoms with van der Waals surface area (Å²) >= 11 is 2.03. The van der Waals surface area contributed by atoms with Crippen LogP contribution < -0.4 is 10.6 Å². The lowest BCUT2D eigenvalue weighted by molar-refractivity contribution is 0.708. The number of anilines is 1. The van der Waals surface area contributed by atoms with E-state index in [1.807, 2.05) is 11.8 Å². The molecule has 0 saturated carbocycles. The Labute approximate surface area is 101 Å². The summed E-state index contributed by atoms with van der Waals surface area (Å²) in [6.45, 7) is 7.02. The molecule has 1 aliphatic rings. The van der Waals surface area contributed by atoms with Gasteiger partial charge >= 0.3 is 0 Å². The Balaban J connectivity index is 2.22. The van der Waals surface area contributed by atoms with Crippen molar-refractivity contribution in [1.82, 2.24) is 9.97 Å². The van der Waals surface area contributed by atoms with Crippen molar-refractivity contribution >= 4 is 17.6 Å². The average Bonchev–Trinajstić information content (AvgIpc) is 2.27. The summed E-state index contributed by atoms with van der Waals surface area (Å²) in [7, 11) is 0. The highest BCUT2D eigenvalue weighted by molar-refractivity contribution is 8.00. The van der Waals surface area contributed by atoms with Gasteiger partial charge in [0.25, 0.3) is 0 Å². The second-order valence-electron chi connectivity index (χ2n) is 4.19. The summed E-state index contributed by atoms with van der Waals surface area (Å²) in [5.74, 6) is 0.962. The van der Waals surface area contributed by atoms with Gasteiger partial charge in [-0.05, 0) is 0 Å². The molecule has 0 radical (unpaired) electrons. The molecule has 88 valence electrons. The highest BCUT2D eigenvalue weighted by atomic mass is 32.2. The molecule has 2 rings (SSSR count). The van der Waals surface area contributed by atoms with Crippen LogP contribution in [0.25, 0.3) is 0 Å². The molecule has 1 aromatic rings. The number of rotatable bonds is 2. The zero-order chi connectivity index (χ0) is 11.5. The molecule has 4 nitrogen and oxygen atoms in total. The lowest BCUT2D eigenvalue weighted by atomic mass is 10.3. The third-order valence-corrected chi connectivity index (χ3v) is 3.89. The molecule has 1 fully saturated rings. The second-order valence-corrected chi connectivity index (χ2v) is 6.07. The SMILES string of the molecule is CC1CN(c2nccnc2CN)CC(C)S1. The van der Waals surface area contributed by atoms with E-state index in [0.29, 0.717) is 17.0 Å². The largest absolute Gasteiger partial charge is 0.353 e. The molecule has 2 N–H and O–H groups in total. The van der Waals surface area contributed by atoms with Crippen molar-refractivity contribution in [1.29, 1.82) is 0 Å². The number of nitrogens with two attached hydrogens (primary N) is 1. The van der Waals surface area contributed by atoms with Crippen LogP contribution in [0, 0.1) is 0 Å². The number of hydrogen-bond acceptors (Lipinski definition) is 5. The van der Waals surface area contributed by atoms with Crippen LogP contribution in [0.15, 0.2) is 12.4 Å². The fourth-order valence-electron chi connectivity index (χ4n) is 2.12. The predicted octanol–water partition coefficient (Wildman–Crippen LogP) is 1.27. The molecular formula is C11H18N4S. The standard InChI is InChI=1S/C11H18N4S/c1-8-6-15(7-9(2)16-8)11-10(5-12)13-3-4-14-11/h3-4,8-9H,5-7,12H2,1-2H3. The maximum atomic E-state index is 5.69. The molecule has 0 bridgehead atoms. The second kappa shape index (κ2) is 5.01. The minimum atomic E-state index is 0.454. The molecule has 1 aromatic heterocycles. The monoisotopic (exact) mass is 238 g/mol. The normalized spacial score (nSPS) is 25.8. The van der Waals surface area contributed by atoms with E-state index in [-0.39, 0.29) is 0 Å². The third kappa shape index (κ3) is 2.47. The molecule has 0 aliphatic carbocycles. The van der Waals surface area contributed by atoms with Gasteiger partial charge < -0.3 is 10.6 Å². The van der Waals surface area contributed by atoms with Crippen molar-refractivity contribution in [2.75, 3.05) is 18.0 Å². The summed E-state index contributed by atoms with van der Waals surface area (Å²) < 4.78 is 0. The molecular weight excluding hydrogens is 220 g/mol. The minimum Gasteiger partial charge on any atom is -0.353 e. The number of nitrogens with zero attached hydrogens (tertiary/aromatic N) is 3. The number of aromatic nitrogens is 2. The van der Waals surface area contributed by atoms with E-state index in [0.717, 1.165) is 24.6 Å². The molecule has 0 aromatic carbocycles. The van der Waals surface area contributed by atoms with Crippen LogP contribution in [-0.2, 0) is 6.54 Å². The first-order valence-corrected chi connectivity index (χ1v) is 6.55. The van der Waals surface area contributed by atoms with Gasteiger partial charge in [0.15, 0.2) is 5.82 Å². The Hall–Kier alpha value is -0.810. The molecule has 2 heterocycles. The molecule has 0 spiro atoms. The lowest BCUT2D eigenvalue weighted by Gasteiger charge is -2.35. The van der Waals surface area contributed by atoms with Gasteiger partial charge in [-0.3, -0.25) is 4.98 Å². The van der Waals surface area contributed by atoms with E-state index in [2.05, 4.69) is 28.7 Å². The quantitative estimate of drug-likeness (QED) is 0.841. The first-order valence-electron chi connectivity index (χ1n) is 5.61. The third-order valence-electron chi connectivity index (χ3n) is 2.66. The highest BCUT2D eigenvalue weighted by Gasteiger charge is 2.24. The van der Waals surface area contributed by atoms with E-state index in [1.165, 1.54) is 0 Å². The first-order chi connectivity index (χ1) is 7.70. The average molecular weight is 238 g/mol. The Kier molecular flexibility index (Phi) is 3.66. The summed E-state index contributed by atoms with van der Waals surface area (Å²) in [5, 5.41) is 1.27.